The van der Waals surface area contributed by atoms with Gasteiger partial charge in [0, 0.05) is 19.1 Å². The Balaban J connectivity index is 1.83. The van der Waals surface area contributed by atoms with E-state index in [-0.39, 0.29) is 12.1 Å². The molecule has 0 unspecified atom stereocenters. The Kier molecular flexibility index (Phi) is 4.59. The summed E-state index contributed by atoms with van der Waals surface area (Å²) in [6.07, 6.45) is 2.83. The van der Waals surface area contributed by atoms with Crippen LogP contribution >= 0.6 is 0 Å². The second-order valence-corrected chi connectivity index (χ2v) is 4.74. The minimum Gasteiger partial charge on any atom is -0.445 e. The molecular weight excluding hydrogens is 228 g/mol. The summed E-state index contributed by atoms with van der Waals surface area (Å²) in [4.78, 5) is 13.6. The van der Waals surface area contributed by atoms with Gasteiger partial charge in [-0.05, 0) is 18.4 Å². The van der Waals surface area contributed by atoms with Gasteiger partial charge in [-0.15, -0.1) is 0 Å². The minimum atomic E-state index is -0.254. The molecule has 0 bridgehead atoms. The van der Waals surface area contributed by atoms with E-state index in [0.29, 0.717) is 13.2 Å². The molecule has 4 heteroatoms. The van der Waals surface area contributed by atoms with E-state index in [9.17, 15) is 4.79 Å². The Bertz CT molecular complexity index is 381. The van der Waals surface area contributed by atoms with E-state index in [1.54, 1.807) is 4.90 Å². The number of carbonyl (C=O) groups excluding carboxylic acids is 1. The largest absolute Gasteiger partial charge is 0.445 e. The normalized spacial score (nSPS) is 20.3. The van der Waals surface area contributed by atoms with Gasteiger partial charge in [0.2, 0.25) is 0 Å². The smallest absolute Gasteiger partial charge is 0.410 e. The van der Waals surface area contributed by atoms with Crippen LogP contribution in [0.2, 0.25) is 0 Å². The first-order chi connectivity index (χ1) is 8.75. The van der Waals surface area contributed by atoms with Crippen LogP contribution in [-0.2, 0) is 11.3 Å². The van der Waals surface area contributed by atoms with Crippen molar-refractivity contribution in [3.05, 3.63) is 35.9 Å². The monoisotopic (exact) mass is 248 g/mol. The summed E-state index contributed by atoms with van der Waals surface area (Å²) in [7, 11) is 0. The summed E-state index contributed by atoms with van der Waals surface area (Å²) in [6, 6.07) is 9.79. The molecule has 0 aliphatic carbocycles. The second kappa shape index (κ2) is 6.40. The zero-order chi connectivity index (χ0) is 12.8. The number of carbonyl (C=O) groups is 1. The highest BCUT2D eigenvalue weighted by molar-refractivity contribution is 5.67. The van der Waals surface area contributed by atoms with Crippen molar-refractivity contribution in [2.45, 2.75) is 31.9 Å². The lowest BCUT2D eigenvalue weighted by molar-refractivity contribution is 0.0960. The summed E-state index contributed by atoms with van der Waals surface area (Å²) in [5.41, 5.74) is 6.93. The van der Waals surface area contributed by atoms with Gasteiger partial charge in [-0.2, -0.15) is 0 Å². The number of hydrogen-bond donors (Lipinski definition) is 1. The van der Waals surface area contributed by atoms with Gasteiger partial charge in [-0.1, -0.05) is 36.8 Å². The number of ether oxygens (including phenoxy) is 1. The van der Waals surface area contributed by atoms with Gasteiger partial charge in [-0.25, -0.2) is 4.79 Å². The minimum absolute atomic E-state index is 0.0803. The Morgan fingerprint density at radius 2 is 2.11 bits per heavy atom. The Labute approximate surface area is 108 Å². The van der Waals surface area contributed by atoms with E-state index in [4.69, 9.17) is 10.5 Å². The number of nitrogens with zero attached hydrogens (tertiary/aromatic N) is 1. The highest BCUT2D eigenvalue weighted by atomic mass is 16.6. The summed E-state index contributed by atoms with van der Waals surface area (Å²) in [6.45, 7) is 1.68. The van der Waals surface area contributed by atoms with E-state index in [1.165, 1.54) is 0 Å². The average molecular weight is 248 g/mol. The van der Waals surface area contributed by atoms with E-state index >= 15 is 0 Å². The number of benzene rings is 1. The molecule has 1 saturated heterocycles. The molecule has 1 heterocycles. The maximum atomic E-state index is 11.9. The van der Waals surface area contributed by atoms with Crippen molar-refractivity contribution in [1.29, 1.82) is 0 Å². The molecule has 0 spiro atoms. The highest BCUT2D eigenvalue weighted by Gasteiger charge is 2.20. The van der Waals surface area contributed by atoms with Crippen LogP contribution in [-0.4, -0.2) is 30.1 Å². The quantitative estimate of drug-likeness (QED) is 0.872. The van der Waals surface area contributed by atoms with Gasteiger partial charge >= 0.3 is 6.09 Å². The maximum absolute atomic E-state index is 11.9. The Morgan fingerprint density at radius 3 is 2.89 bits per heavy atom. The number of rotatable bonds is 2. The van der Waals surface area contributed by atoms with Crippen LogP contribution in [0.25, 0.3) is 0 Å². The van der Waals surface area contributed by atoms with E-state index in [1.807, 2.05) is 30.3 Å². The molecule has 1 aliphatic rings. The second-order valence-electron chi connectivity index (χ2n) is 4.74. The molecule has 1 aliphatic heterocycles. The highest BCUT2D eigenvalue weighted by Crippen LogP contribution is 2.11. The third-order valence-corrected chi connectivity index (χ3v) is 3.17. The fourth-order valence-corrected chi connectivity index (χ4v) is 2.15. The molecule has 18 heavy (non-hydrogen) atoms. The van der Waals surface area contributed by atoms with Crippen LogP contribution in [0.5, 0.6) is 0 Å². The first-order valence-corrected chi connectivity index (χ1v) is 6.47. The van der Waals surface area contributed by atoms with Gasteiger partial charge in [0.15, 0.2) is 0 Å². The van der Waals surface area contributed by atoms with Gasteiger partial charge in [-0.3, -0.25) is 0 Å². The summed E-state index contributed by atoms with van der Waals surface area (Å²) in [5, 5.41) is 0. The van der Waals surface area contributed by atoms with Gasteiger partial charge in [0.05, 0.1) is 0 Å². The molecular formula is C14H20N2O2. The molecule has 1 atom stereocenters. The van der Waals surface area contributed by atoms with E-state index < -0.39 is 0 Å². The fraction of sp³-hybridized carbons (Fsp3) is 0.500. The van der Waals surface area contributed by atoms with Gasteiger partial charge < -0.3 is 15.4 Å². The van der Waals surface area contributed by atoms with E-state index in [0.717, 1.165) is 31.4 Å². The van der Waals surface area contributed by atoms with Crippen LogP contribution in [0, 0.1) is 0 Å². The van der Waals surface area contributed by atoms with Crippen molar-refractivity contribution in [3.8, 4) is 0 Å². The Hall–Kier alpha value is -1.55. The third kappa shape index (κ3) is 3.74. The van der Waals surface area contributed by atoms with Gasteiger partial charge in [0.25, 0.3) is 0 Å². The topological polar surface area (TPSA) is 55.6 Å². The Morgan fingerprint density at radius 1 is 1.33 bits per heavy atom. The van der Waals surface area contributed by atoms with Crippen molar-refractivity contribution in [2.24, 2.45) is 5.73 Å². The molecule has 2 rings (SSSR count). The number of amides is 1. The zero-order valence-electron chi connectivity index (χ0n) is 10.5. The molecule has 98 valence electrons. The van der Waals surface area contributed by atoms with Crippen molar-refractivity contribution in [1.82, 2.24) is 4.90 Å². The molecule has 1 aromatic rings. The lowest BCUT2D eigenvalue weighted by atomic mass is 10.2. The molecule has 2 N–H and O–H groups in total. The first-order valence-electron chi connectivity index (χ1n) is 6.47. The van der Waals surface area contributed by atoms with Crippen molar-refractivity contribution < 1.29 is 9.53 Å². The molecule has 0 aromatic heterocycles. The fourth-order valence-electron chi connectivity index (χ4n) is 2.15. The number of nitrogens with two attached hydrogens (primary N) is 1. The summed E-state index contributed by atoms with van der Waals surface area (Å²) < 4.78 is 5.30. The first kappa shape index (κ1) is 12.9. The summed E-state index contributed by atoms with van der Waals surface area (Å²) in [5.74, 6) is 0. The molecule has 1 fully saturated rings. The maximum Gasteiger partial charge on any atom is 0.410 e. The van der Waals surface area contributed by atoms with Crippen LogP contribution in [0.1, 0.15) is 24.8 Å². The lowest BCUT2D eigenvalue weighted by Crippen LogP contribution is -2.39. The lowest BCUT2D eigenvalue weighted by Gasteiger charge is -2.21. The predicted octanol–water partition coefficient (Wildman–Crippen LogP) is 2.14. The van der Waals surface area contributed by atoms with Crippen molar-refractivity contribution in [2.75, 3.05) is 13.1 Å². The van der Waals surface area contributed by atoms with Crippen LogP contribution < -0.4 is 5.73 Å². The third-order valence-electron chi connectivity index (χ3n) is 3.17. The van der Waals surface area contributed by atoms with Crippen molar-refractivity contribution >= 4 is 6.09 Å². The van der Waals surface area contributed by atoms with Crippen LogP contribution in [0.4, 0.5) is 4.79 Å². The van der Waals surface area contributed by atoms with Gasteiger partial charge in [0.1, 0.15) is 6.61 Å². The molecule has 0 radical (unpaired) electrons. The molecule has 1 aromatic carbocycles. The van der Waals surface area contributed by atoms with E-state index in [2.05, 4.69) is 0 Å². The number of hydrogen-bond acceptors (Lipinski definition) is 3. The average Bonchev–Trinajstić information content (AvgIpc) is 2.62. The zero-order valence-corrected chi connectivity index (χ0v) is 10.5. The van der Waals surface area contributed by atoms with Crippen LogP contribution in [0.15, 0.2) is 30.3 Å². The standard InChI is InChI=1S/C14H20N2O2/c15-13-8-4-5-9-16(10-13)14(17)18-11-12-6-2-1-3-7-12/h1-3,6-7,13H,4-5,8-11,15H2/t13-/m1/s1. The molecule has 0 saturated carbocycles. The SMILES string of the molecule is N[C@@H]1CCCCN(C(=O)OCc2ccccc2)C1. The predicted molar refractivity (Wildman–Crippen MR) is 70.0 cm³/mol. The molecule has 4 nitrogen and oxygen atoms in total. The van der Waals surface area contributed by atoms with Crippen LogP contribution in [0.3, 0.4) is 0 Å². The van der Waals surface area contributed by atoms with Crippen molar-refractivity contribution in [3.63, 3.8) is 0 Å². The number of likely N-dealkylation sites (tertiary alicyclic amines) is 1. The summed E-state index contributed by atoms with van der Waals surface area (Å²) >= 11 is 0. The molecule has 1 amide bonds.